The number of aromatic hydroxyl groups is 1. The lowest BCUT2D eigenvalue weighted by atomic mass is 10.1. The van der Waals surface area contributed by atoms with E-state index in [1.54, 1.807) is 19.9 Å². The highest BCUT2D eigenvalue weighted by Gasteiger charge is 2.17. The Morgan fingerprint density at radius 2 is 1.89 bits per heavy atom. The predicted molar refractivity (Wildman–Crippen MR) is 107 cm³/mol. The van der Waals surface area contributed by atoms with Gasteiger partial charge in [0.2, 0.25) is 5.88 Å². The van der Waals surface area contributed by atoms with Gasteiger partial charge in [-0.2, -0.15) is 5.10 Å². The Morgan fingerprint density at radius 1 is 1.19 bits per heavy atom. The fourth-order valence-electron chi connectivity index (χ4n) is 2.75. The summed E-state index contributed by atoms with van der Waals surface area (Å²) in [6.07, 6.45) is 1.23. The van der Waals surface area contributed by atoms with Crippen molar-refractivity contribution in [1.82, 2.24) is 19.7 Å². The Labute approximate surface area is 162 Å². The molecule has 0 fully saturated rings. The summed E-state index contributed by atoms with van der Waals surface area (Å²) >= 11 is 3.44. The van der Waals surface area contributed by atoms with Crippen LogP contribution in [0, 0.1) is 27.7 Å². The van der Waals surface area contributed by atoms with Gasteiger partial charge in [0.1, 0.15) is 11.3 Å². The van der Waals surface area contributed by atoms with Gasteiger partial charge >= 0.3 is 5.69 Å². The highest BCUT2D eigenvalue weighted by Crippen LogP contribution is 2.26. The van der Waals surface area contributed by atoms with Crippen molar-refractivity contribution < 1.29 is 5.11 Å². The molecule has 3 aromatic rings. The Kier molecular flexibility index (Phi) is 4.88. The van der Waals surface area contributed by atoms with Crippen LogP contribution in [0.15, 0.2) is 31.2 Å². The number of hydrogen-bond acceptors (Lipinski definition) is 5. The normalized spacial score (nSPS) is 11.4. The number of benzene rings is 1. The summed E-state index contributed by atoms with van der Waals surface area (Å²) in [6.45, 7) is 7.25. The van der Waals surface area contributed by atoms with E-state index in [9.17, 15) is 14.7 Å². The number of halogens is 1. The van der Waals surface area contributed by atoms with E-state index in [0.717, 1.165) is 25.9 Å². The number of aromatic nitrogens is 4. The number of nitrogens with one attached hydrogen (secondary N) is 2. The fourth-order valence-corrected chi connectivity index (χ4v) is 3.21. The summed E-state index contributed by atoms with van der Waals surface area (Å²) in [5, 5.41) is 17.5. The monoisotopic (exact) mass is 431 g/mol. The predicted octanol–water partition coefficient (Wildman–Crippen LogP) is 2.70. The van der Waals surface area contributed by atoms with Crippen LogP contribution < -0.4 is 11.2 Å². The maximum absolute atomic E-state index is 12.4. The first-order valence-electron chi connectivity index (χ1n) is 8.11. The molecule has 27 heavy (non-hydrogen) atoms. The molecule has 0 saturated carbocycles. The van der Waals surface area contributed by atoms with Gasteiger partial charge in [0.15, 0.2) is 0 Å². The van der Waals surface area contributed by atoms with Crippen LogP contribution in [0.5, 0.6) is 5.88 Å². The van der Waals surface area contributed by atoms with Crippen LogP contribution in [0.3, 0.4) is 0 Å². The zero-order valence-corrected chi connectivity index (χ0v) is 16.8. The molecule has 0 aliphatic rings. The molecule has 0 aliphatic heterocycles. The first-order valence-corrected chi connectivity index (χ1v) is 8.91. The van der Waals surface area contributed by atoms with Crippen molar-refractivity contribution in [2.45, 2.75) is 27.7 Å². The summed E-state index contributed by atoms with van der Waals surface area (Å²) in [6, 6.07) is 3.59. The first-order chi connectivity index (χ1) is 12.7. The van der Waals surface area contributed by atoms with Crippen LogP contribution in [0.25, 0.3) is 5.69 Å². The molecule has 0 unspecified atom stereocenters. The standard InChI is InChI=1S/C18H18BrN5O3/c1-8-6-14(9(2)5-13(8)19)24-17(26)12(16(25)21-18(24)27)7-20-15-10(3)22-23-11(15)4/h5-7,26H,1-4H3,(H,22,23)(H,21,25,27). The molecule has 0 aliphatic carbocycles. The van der Waals surface area contributed by atoms with Crippen molar-refractivity contribution in [2.24, 2.45) is 4.99 Å². The van der Waals surface area contributed by atoms with Crippen molar-refractivity contribution in [2.75, 3.05) is 0 Å². The smallest absolute Gasteiger partial charge is 0.335 e. The SMILES string of the molecule is Cc1cc(-n2c(O)c(C=Nc3c(C)n[nH]c3C)c(=O)[nH]c2=O)c(C)cc1Br. The van der Waals surface area contributed by atoms with Gasteiger partial charge in [0.25, 0.3) is 5.56 Å². The van der Waals surface area contributed by atoms with Gasteiger partial charge in [-0.05, 0) is 51.0 Å². The topological polar surface area (TPSA) is 116 Å². The second-order valence-electron chi connectivity index (χ2n) is 6.26. The van der Waals surface area contributed by atoms with Crippen LogP contribution in [-0.2, 0) is 0 Å². The molecule has 3 N–H and O–H groups in total. The van der Waals surface area contributed by atoms with E-state index in [0.29, 0.717) is 17.1 Å². The molecule has 0 atom stereocenters. The lowest BCUT2D eigenvalue weighted by Gasteiger charge is -2.14. The van der Waals surface area contributed by atoms with E-state index in [4.69, 9.17) is 0 Å². The molecule has 0 spiro atoms. The summed E-state index contributed by atoms with van der Waals surface area (Å²) < 4.78 is 1.94. The summed E-state index contributed by atoms with van der Waals surface area (Å²) in [7, 11) is 0. The van der Waals surface area contributed by atoms with Gasteiger partial charge in [-0.15, -0.1) is 0 Å². The summed E-state index contributed by atoms with van der Waals surface area (Å²) in [5.74, 6) is -0.476. The molecule has 2 heterocycles. The number of H-pyrrole nitrogens is 2. The maximum atomic E-state index is 12.4. The molecule has 8 nitrogen and oxygen atoms in total. The van der Waals surface area contributed by atoms with Gasteiger partial charge in [-0.1, -0.05) is 15.9 Å². The highest BCUT2D eigenvalue weighted by atomic mass is 79.9. The van der Waals surface area contributed by atoms with E-state index in [1.807, 2.05) is 19.9 Å². The largest absolute Gasteiger partial charge is 0.493 e. The molecule has 1 aromatic carbocycles. The molecule has 140 valence electrons. The average molecular weight is 432 g/mol. The molecular weight excluding hydrogens is 414 g/mol. The second-order valence-corrected chi connectivity index (χ2v) is 7.12. The zero-order chi connectivity index (χ0) is 19.9. The Morgan fingerprint density at radius 3 is 2.52 bits per heavy atom. The lowest BCUT2D eigenvalue weighted by molar-refractivity contribution is 0.430. The minimum Gasteiger partial charge on any atom is -0.493 e. The third-order valence-corrected chi connectivity index (χ3v) is 5.11. The van der Waals surface area contributed by atoms with Crippen molar-refractivity contribution >= 4 is 27.8 Å². The van der Waals surface area contributed by atoms with Crippen LogP contribution in [0.2, 0.25) is 0 Å². The minimum atomic E-state index is -0.727. The number of nitrogens with zero attached hydrogens (tertiary/aromatic N) is 3. The summed E-state index contributed by atoms with van der Waals surface area (Å²) in [4.78, 5) is 31.1. The molecule has 2 aromatic heterocycles. The van der Waals surface area contributed by atoms with E-state index < -0.39 is 17.1 Å². The fraction of sp³-hybridized carbons (Fsp3) is 0.222. The molecule has 0 radical (unpaired) electrons. The molecule has 0 bridgehead atoms. The van der Waals surface area contributed by atoms with Gasteiger partial charge in [-0.25, -0.2) is 9.36 Å². The van der Waals surface area contributed by atoms with Gasteiger partial charge in [0.05, 0.1) is 17.1 Å². The van der Waals surface area contributed by atoms with Crippen LogP contribution in [0.4, 0.5) is 5.69 Å². The summed E-state index contributed by atoms with van der Waals surface area (Å²) in [5.41, 5.74) is 2.50. The minimum absolute atomic E-state index is 0.116. The third-order valence-electron chi connectivity index (χ3n) is 4.25. The maximum Gasteiger partial charge on any atom is 0.335 e. The Balaban J connectivity index is 2.22. The van der Waals surface area contributed by atoms with Crippen molar-refractivity contribution in [3.8, 4) is 11.6 Å². The Hall–Kier alpha value is -2.94. The van der Waals surface area contributed by atoms with E-state index in [1.165, 1.54) is 6.21 Å². The molecule has 0 saturated heterocycles. The van der Waals surface area contributed by atoms with Crippen molar-refractivity contribution in [3.63, 3.8) is 0 Å². The second kappa shape index (κ2) is 6.99. The van der Waals surface area contributed by atoms with Gasteiger partial charge in [0, 0.05) is 10.7 Å². The molecular formula is C18H18BrN5O3. The Bertz CT molecular complexity index is 1170. The van der Waals surface area contributed by atoms with Crippen LogP contribution in [-0.4, -0.2) is 31.1 Å². The highest BCUT2D eigenvalue weighted by molar-refractivity contribution is 9.10. The number of hydrogen-bond donors (Lipinski definition) is 3. The zero-order valence-electron chi connectivity index (χ0n) is 15.2. The van der Waals surface area contributed by atoms with Crippen molar-refractivity contribution in [1.29, 1.82) is 0 Å². The number of aliphatic imine (C=N–C) groups is 1. The first kappa shape index (κ1) is 18.8. The number of aromatic amines is 2. The molecule has 9 heteroatoms. The average Bonchev–Trinajstić information content (AvgIpc) is 2.90. The van der Waals surface area contributed by atoms with E-state index in [2.05, 4.69) is 36.1 Å². The van der Waals surface area contributed by atoms with Crippen LogP contribution >= 0.6 is 15.9 Å². The molecule has 0 amide bonds. The van der Waals surface area contributed by atoms with Gasteiger partial charge < -0.3 is 5.11 Å². The quantitative estimate of drug-likeness (QED) is 0.552. The van der Waals surface area contributed by atoms with E-state index in [-0.39, 0.29) is 5.56 Å². The van der Waals surface area contributed by atoms with Crippen molar-refractivity contribution in [3.05, 3.63) is 65.5 Å². The van der Waals surface area contributed by atoms with E-state index >= 15 is 0 Å². The third kappa shape index (κ3) is 3.37. The van der Waals surface area contributed by atoms with Crippen LogP contribution in [0.1, 0.15) is 28.1 Å². The lowest BCUT2D eigenvalue weighted by Crippen LogP contribution is -2.31. The van der Waals surface area contributed by atoms with Gasteiger partial charge in [-0.3, -0.25) is 19.9 Å². The number of aryl methyl sites for hydroxylation is 4. The molecule has 3 rings (SSSR count). The number of rotatable bonds is 3.